The lowest BCUT2D eigenvalue weighted by Crippen LogP contribution is -2.18. The summed E-state index contributed by atoms with van der Waals surface area (Å²) in [5.74, 6) is 1.29. The SMILES string of the molecule is Cc1ccc(NCCC(=O)Nc2ccc3c(c2)OCCO3)cc1Cl. The zero-order valence-electron chi connectivity index (χ0n) is 13.4. The predicted molar refractivity (Wildman–Crippen MR) is 95.4 cm³/mol. The summed E-state index contributed by atoms with van der Waals surface area (Å²) in [6, 6.07) is 11.1. The highest BCUT2D eigenvalue weighted by Gasteiger charge is 2.12. The van der Waals surface area contributed by atoms with Crippen molar-refractivity contribution in [2.45, 2.75) is 13.3 Å². The van der Waals surface area contributed by atoms with Gasteiger partial charge in [-0.2, -0.15) is 0 Å². The molecule has 0 spiro atoms. The van der Waals surface area contributed by atoms with Crippen molar-refractivity contribution in [2.75, 3.05) is 30.4 Å². The maximum absolute atomic E-state index is 12.0. The summed E-state index contributed by atoms with van der Waals surface area (Å²) in [6.45, 7) is 3.55. The molecule has 0 saturated heterocycles. The zero-order valence-corrected chi connectivity index (χ0v) is 14.2. The Morgan fingerprint density at radius 3 is 2.62 bits per heavy atom. The lowest BCUT2D eigenvalue weighted by Gasteiger charge is -2.19. The molecule has 5 nitrogen and oxygen atoms in total. The van der Waals surface area contributed by atoms with Gasteiger partial charge in [0.1, 0.15) is 13.2 Å². The van der Waals surface area contributed by atoms with Crippen molar-refractivity contribution in [2.24, 2.45) is 0 Å². The quantitative estimate of drug-likeness (QED) is 0.863. The topological polar surface area (TPSA) is 59.6 Å². The fourth-order valence-electron chi connectivity index (χ4n) is 2.37. The molecule has 0 aromatic heterocycles. The fraction of sp³-hybridized carbons (Fsp3) is 0.278. The van der Waals surface area contributed by atoms with Crippen LogP contribution in [0.3, 0.4) is 0 Å². The minimum Gasteiger partial charge on any atom is -0.486 e. The molecule has 2 aromatic rings. The standard InChI is InChI=1S/C18H19ClN2O3/c1-12-2-3-13(10-15(12)19)20-7-6-18(22)21-14-4-5-16-17(11-14)24-9-8-23-16/h2-5,10-11,20H,6-9H2,1H3,(H,21,22). The summed E-state index contributed by atoms with van der Waals surface area (Å²) in [7, 11) is 0. The van der Waals surface area contributed by atoms with E-state index in [4.69, 9.17) is 21.1 Å². The highest BCUT2D eigenvalue weighted by molar-refractivity contribution is 6.31. The molecule has 1 amide bonds. The second-order valence-electron chi connectivity index (χ2n) is 5.55. The minimum atomic E-state index is -0.0719. The van der Waals surface area contributed by atoms with Crippen LogP contribution in [0, 0.1) is 6.92 Å². The third-order valence-corrected chi connectivity index (χ3v) is 4.09. The van der Waals surface area contributed by atoms with E-state index in [-0.39, 0.29) is 5.91 Å². The van der Waals surface area contributed by atoms with Crippen molar-refractivity contribution in [3.8, 4) is 11.5 Å². The van der Waals surface area contributed by atoms with E-state index in [1.807, 2.05) is 25.1 Å². The van der Waals surface area contributed by atoms with Gasteiger partial charge in [-0.05, 0) is 36.8 Å². The molecule has 1 aliphatic heterocycles. The van der Waals surface area contributed by atoms with Gasteiger partial charge in [0, 0.05) is 35.4 Å². The fourth-order valence-corrected chi connectivity index (χ4v) is 2.55. The number of carbonyl (C=O) groups is 1. The number of halogens is 1. The molecule has 0 bridgehead atoms. The second-order valence-corrected chi connectivity index (χ2v) is 5.95. The summed E-state index contributed by atoms with van der Waals surface area (Å²) in [6.07, 6.45) is 0.347. The van der Waals surface area contributed by atoms with Crippen LogP contribution in [0.2, 0.25) is 5.02 Å². The largest absolute Gasteiger partial charge is 0.486 e. The molecule has 0 atom stereocenters. The van der Waals surface area contributed by atoms with Crippen molar-refractivity contribution in [3.63, 3.8) is 0 Å². The molecule has 126 valence electrons. The predicted octanol–water partition coefficient (Wildman–Crippen LogP) is 3.86. The summed E-state index contributed by atoms with van der Waals surface area (Å²) in [5.41, 5.74) is 2.62. The number of amides is 1. The van der Waals surface area contributed by atoms with E-state index in [9.17, 15) is 4.79 Å². The normalized spacial score (nSPS) is 12.6. The Kier molecular flexibility index (Phi) is 5.11. The third kappa shape index (κ3) is 4.11. The molecule has 1 heterocycles. The Labute approximate surface area is 145 Å². The summed E-state index contributed by atoms with van der Waals surface area (Å²) in [4.78, 5) is 12.0. The van der Waals surface area contributed by atoms with Crippen molar-refractivity contribution in [3.05, 3.63) is 47.0 Å². The monoisotopic (exact) mass is 346 g/mol. The number of hydrogen-bond acceptors (Lipinski definition) is 4. The first kappa shape index (κ1) is 16.5. The first-order valence-electron chi connectivity index (χ1n) is 7.81. The first-order valence-corrected chi connectivity index (χ1v) is 8.19. The molecule has 24 heavy (non-hydrogen) atoms. The molecule has 0 radical (unpaired) electrons. The van der Waals surface area contributed by atoms with E-state index in [1.165, 1.54) is 0 Å². The summed E-state index contributed by atoms with van der Waals surface area (Å²) < 4.78 is 11.0. The molecule has 1 aliphatic rings. The lowest BCUT2D eigenvalue weighted by molar-refractivity contribution is -0.115. The van der Waals surface area contributed by atoms with Crippen LogP contribution in [0.1, 0.15) is 12.0 Å². The maximum Gasteiger partial charge on any atom is 0.226 e. The third-order valence-electron chi connectivity index (χ3n) is 3.68. The van der Waals surface area contributed by atoms with E-state index < -0.39 is 0 Å². The van der Waals surface area contributed by atoms with E-state index in [1.54, 1.807) is 18.2 Å². The smallest absolute Gasteiger partial charge is 0.226 e. The van der Waals surface area contributed by atoms with Gasteiger partial charge < -0.3 is 20.1 Å². The molecule has 6 heteroatoms. The van der Waals surface area contributed by atoms with Crippen LogP contribution in [0.4, 0.5) is 11.4 Å². The van der Waals surface area contributed by atoms with E-state index >= 15 is 0 Å². The van der Waals surface area contributed by atoms with E-state index in [2.05, 4.69) is 10.6 Å². The van der Waals surface area contributed by atoms with Gasteiger partial charge in [0.25, 0.3) is 0 Å². The number of benzene rings is 2. The van der Waals surface area contributed by atoms with Crippen LogP contribution in [0.15, 0.2) is 36.4 Å². The lowest BCUT2D eigenvalue weighted by atomic mass is 10.2. The molecule has 0 unspecified atom stereocenters. The second kappa shape index (κ2) is 7.45. The highest BCUT2D eigenvalue weighted by atomic mass is 35.5. The van der Waals surface area contributed by atoms with Crippen molar-refractivity contribution in [1.82, 2.24) is 0 Å². The van der Waals surface area contributed by atoms with Crippen molar-refractivity contribution < 1.29 is 14.3 Å². The van der Waals surface area contributed by atoms with Crippen LogP contribution in [0.5, 0.6) is 11.5 Å². The number of ether oxygens (including phenoxy) is 2. The van der Waals surface area contributed by atoms with E-state index in [0.717, 1.165) is 11.3 Å². The number of carbonyl (C=O) groups excluding carboxylic acids is 1. The molecule has 2 N–H and O–H groups in total. The Bertz CT molecular complexity index is 749. The number of aryl methyl sites for hydroxylation is 1. The molecule has 0 fully saturated rings. The molecular formula is C18H19ClN2O3. The van der Waals surface area contributed by atoms with Crippen LogP contribution in [-0.2, 0) is 4.79 Å². The molecule has 3 rings (SSSR count). The maximum atomic E-state index is 12.0. The van der Waals surface area contributed by atoms with Gasteiger partial charge in [0.15, 0.2) is 11.5 Å². The van der Waals surface area contributed by atoms with Gasteiger partial charge in [-0.3, -0.25) is 4.79 Å². The molecule has 0 aliphatic carbocycles. The van der Waals surface area contributed by atoms with Gasteiger partial charge in [0.2, 0.25) is 5.91 Å². The Morgan fingerprint density at radius 1 is 1.08 bits per heavy atom. The van der Waals surface area contributed by atoms with Gasteiger partial charge in [-0.1, -0.05) is 17.7 Å². The average molecular weight is 347 g/mol. The van der Waals surface area contributed by atoms with Crippen LogP contribution in [0.25, 0.3) is 0 Å². The van der Waals surface area contributed by atoms with Crippen LogP contribution < -0.4 is 20.1 Å². The Balaban J connectivity index is 1.49. The van der Waals surface area contributed by atoms with Crippen LogP contribution >= 0.6 is 11.6 Å². The Hall–Kier alpha value is -2.40. The number of anilines is 2. The van der Waals surface area contributed by atoms with Crippen LogP contribution in [-0.4, -0.2) is 25.7 Å². The average Bonchev–Trinajstić information content (AvgIpc) is 2.58. The van der Waals surface area contributed by atoms with Gasteiger partial charge in [-0.25, -0.2) is 0 Å². The summed E-state index contributed by atoms with van der Waals surface area (Å²) in [5, 5.41) is 6.76. The number of rotatable bonds is 5. The molecule has 0 saturated carbocycles. The van der Waals surface area contributed by atoms with Crippen molar-refractivity contribution >= 4 is 28.9 Å². The van der Waals surface area contributed by atoms with Crippen molar-refractivity contribution in [1.29, 1.82) is 0 Å². The molecule has 2 aromatic carbocycles. The Morgan fingerprint density at radius 2 is 1.83 bits per heavy atom. The number of fused-ring (bicyclic) bond motifs is 1. The first-order chi connectivity index (χ1) is 11.6. The number of nitrogens with one attached hydrogen (secondary N) is 2. The summed E-state index contributed by atoms with van der Waals surface area (Å²) >= 11 is 6.08. The van der Waals surface area contributed by atoms with Gasteiger partial charge in [-0.15, -0.1) is 0 Å². The van der Waals surface area contributed by atoms with Gasteiger partial charge >= 0.3 is 0 Å². The minimum absolute atomic E-state index is 0.0719. The molecular weight excluding hydrogens is 328 g/mol. The highest BCUT2D eigenvalue weighted by Crippen LogP contribution is 2.32. The number of hydrogen-bond donors (Lipinski definition) is 2. The van der Waals surface area contributed by atoms with Gasteiger partial charge in [0.05, 0.1) is 0 Å². The zero-order chi connectivity index (χ0) is 16.9. The van der Waals surface area contributed by atoms with E-state index in [0.29, 0.717) is 48.4 Å².